The summed E-state index contributed by atoms with van der Waals surface area (Å²) in [5.74, 6) is 0. The van der Waals surface area contributed by atoms with Crippen LogP contribution in [0.4, 0.5) is 5.13 Å². The molecule has 0 fully saturated rings. The smallest absolute Gasteiger partial charge is 0.183 e. The molecular weight excluding hydrogens is 206 g/mol. The number of nitrogens with one attached hydrogen (secondary N) is 1. The second-order valence-corrected chi connectivity index (χ2v) is 4.20. The average Bonchev–Trinajstić information content (AvgIpc) is 2.76. The molecule has 0 saturated carbocycles. The van der Waals surface area contributed by atoms with Crippen molar-refractivity contribution in [2.75, 3.05) is 11.9 Å². The maximum Gasteiger partial charge on any atom is 0.183 e. The summed E-state index contributed by atoms with van der Waals surface area (Å²) < 4.78 is 0. The lowest BCUT2D eigenvalue weighted by Gasteiger charge is -1.97. The minimum atomic E-state index is 0.967. The zero-order valence-electron chi connectivity index (χ0n) is 8.60. The van der Waals surface area contributed by atoms with Crippen molar-refractivity contribution in [2.45, 2.75) is 13.3 Å². The molecule has 3 nitrogen and oxygen atoms in total. The molecule has 0 radical (unpaired) electrons. The molecule has 2 rings (SSSR count). The largest absolute Gasteiger partial charge is 0.362 e. The van der Waals surface area contributed by atoms with Crippen LogP contribution in [0.3, 0.4) is 0 Å². The topological polar surface area (TPSA) is 37.8 Å². The molecule has 0 spiro atoms. The van der Waals surface area contributed by atoms with Gasteiger partial charge in [0.1, 0.15) is 0 Å². The minimum absolute atomic E-state index is 0.967. The Balaban J connectivity index is 2.14. The summed E-state index contributed by atoms with van der Waals surface area (Å²) in [6, 6.07) is 5.90. The van der Waals surface area contributed by atoms with Gasteiger partial charge in [-0.15, -0.1) is 0 Å². The normalized spacial score (nSPS) is 10.2. The van der Waals surface area contributed by atoms with Crippen LogP contribution in [-0.4, -0.2) is 16.5 Å². The van der Waals surface area contributed by atoms with Gasteiger partial charge >= 0.3 is 0 Å². The lowest BCUT2D eigenvalue weighted by Crippen LogP contribution is -1.97. The van der Waals surface area contributed by atoms with Crippen LogP contribution in [0.25, 0.3) is 10.6 Å². The first-order valence-corrected chi connectivity index (χ1v) is 5.83. The fourth-order valence-electron chi connectivity index (χ4n) is 1.21. The standard InChI is InChI=1S/C11H13N3S/c1-2-6-13-11-14-8-10(15-11)9-5-3-4-7-12-9/h3-5,7-8H,2,6H2,1H3,(H,13,14). The third-order valence-corrected chi connectivity index (χ3v) is 2.93. The van der Waals surface area contributed by atoms with Crippen molar-refractivity contribution in [1.82, 2.24) is 9.97 Å². The summed E-state index contributed by atoms with van der Waals surface area (Å²) in [4.78, 5) is 9.69. The van der Waals surface area contributed by atoms with E-state index in [0.717, 1.165) is 28.7 Å². The first-order chi connectivity index (χ1) is 7.40. The molecule has 0 aliphatic carbocycles. The molecule has 0 unspecified atom stereocenters. The molecule has 0 amide bonds. The van der Waals surface area contributed by atoms with E-state index in [4.69, 9.17) is 0 Å². The number of pyridine rings is 1. The molecule has 0 bridgehead atoms. The molecule has 0 atom stereocenters. The van der Waals surface area contributed by atoms with E-state index in [1.807, 2.05) is 24.4 Å². The van der Waals surface area contributed by atoms with Gasteiger partial charge in [-0.05, 0) is 18.6 Å². The van der Waals surface area contributed by atoms with E-state index in [9.17, 15) is 0 Å². The molecule has 2 heterocycles. The van der Waals surface area contributed by atoms with Crippen molar-refractivity contribution in [3.8, 4) is 10.6 Å². The predicted molar refractivity (Wildman–Crippen MR) is 64.1 cm³/mol. The number of thiazole rings is 1. The van der Waals surface area contributed by atoms with Gasteiger partial charge in [0, 0.05) is 18.9 Å². The van der Waals surface area contributed by atoms with Crippen LogP contribution >= 0.6 is 11.3 Å². The Kier molecular flexibility index (Phi) is 3.29. The van der Waals surface area contributed by atoms with Gasteiger partial charge in [-0.2, -0.15) is 0 Å². The fourth-order valence-corrected chi connectivity index (χ4v) is 2.03. The molecule has 78 valence electrons. The molecule has 0 aromatic carbocycles. The molecule has 15 heavy (non-hydrogen) atoms. The fraction of sp³-hybridized carbons (Fsp3) is 0.273. The molecule has 1 N–H and O–H groups in total. The van der Waals surface area contributed by atoms with Crippen molar-refractivity contribution in [1.29, 1.82) is 0 Å². The zero-order chi connectivity index (χ0) is 10.5. The van der Waals surface area contributed by atoms with Gasteiger partial charge in [0.05, 0.1) is 10.6 Å². The third kappa shape index (κ3) is 2.53. The first-order valence-electron chi connectivity index (χ1n) is 5.01. The number of anilines is 1. The number of rotatable bonds is 4. The van der Waals surface area contributed by atoms with E-state index in [1.54, 1.807) is 17.5 Å². The Hall–Kier alpha value is -1.42. The Morgan fingerprint density at radius 2 is 2.27 bits per heavy atom. The quantitative estimate of drug-likeness (QED) is 0.859. The van der Waals surface area contributed by atoms with Crippen LogP contribution in [0, 0.1) is 0 Å². The van der Waals surface area contributed by atoms with Gasteiger partial charge in [-0.3, -0.25) is 4.98 Å². The highest BCUT2D eigenvalue weighted by Gasteiger charge is 2.03. The Labute approximate surface area is 93.2 Å². The van der Waals surface area contributed by atoms with Crippen LogP contribution in [0.2, 0.25) is 0 Å². The zero-order valence-corrected chi connectivity index (χ0v) is 9.42. The van der Waals surface area contributed by atoms with E-state index < -0.39 is 0 Å². The predicted octanol–water partition coefficient (Wildman–Crippen LogP) is 3.03. The van der Waals surface area contributed by atoms with Crippen LogP contribution < -0.4 is 5.32 Å². The van der Waals surface area contributed by atoms with E-state index in [0.29, 0.717) is 0 Å². The van der Waals surface area contributed by atoms with Crippen molar-refractivity contribution in [3.63, 3.8) is 0 Å². The van der Waals surface area contributed by atoms with E-state index in [2.05, 4.69) is 22.2 Å². The van der Waals surface area contributed by atoms with Crippen molar-refractivity contribution in [3.05, 3.63) is 30.6 Å². The third-order valence-electron chi connectivity index (χ3n) is 1.95. The van der Waals surface area contributed by atoms with Crippen LogP contribution in [0.5, 0.6) is 0 Å². The molecule has 2 aromatic heterocycles. The van der Waals surface area contributed by atoms with Gasteiger partial charge < -0.3 is 5.32 Å². The number of hydrogen-bond acceptors (Lipinski definition) is 4. The summed E-state index contributed by atoms with van der Waals surface area (Å²) in [6.45, 7) is 3.11. The summed E-state index contributed by atoms with van der Waals surface area (Å²) in [7, 11) is 0. The van der Waals surface area contributed by atoms with Gasteiger partial charge in [0.15, 0.2) is 5.13 Å². The molecule has 0 saturated heterocycles. The molecular formula is C11H13N3S. The molecule has 4 heteroatoms. The lowest BCUT2D eigenvalue weighted by molar-refractivity contribution is 0.976. The summed E-state index contributed by atoms with van der Waals surface area (Å²) in [6.07, 6.45) is 4.78. The monoisotopic (exact) mass is 219 g/mol. The molecule has 0 aliphatic rings. The number of hydrogen-bond donors (Lipinski definition) is 1. The maximum atomic E-state index is 4.30. The highest BCUT2D eigenvalue weighted by molar-refractivity contribution is 7.18. The SMILES string of the molecule is CCCNc1ncc(-c2ccccn2)s1. The van der Waals surface area contributed by atoms with E-state index in [1.165, 1.54) is 0 Å². The second-order valence-electron chi connectivity index (χ2n) is 3.17. The Morgan fingerprint density at radius 3 is 3.00 bits per heavy atom. The summed E-state index contributed by atoms with van der Waals surface area (Å²) in [5.41, 5.74) is 0.986. The highest BCUT2D eigenvalue weighted by Crippen LogP contribution is 2.26. The molecule has 0 aliphatic heterocycles. The van der Waals surface area contributed by atoms with Gasteiger partial charge in [-0.25, -0.2) is 4.98 Å². The summed E-state index contributed by atoms with van der Waals surface area (Å²) in [5, 5.41) is 4.23. The minimum Gasteiger partial charge on any atom is -0.362 e. The number of nitrogens with zero attached hydrogens (tertiary/aromatic N) is 2. The van der Waals surface area contributed by atoms with Crippen LogP contribution in [-0.2, 0) is 0 Å². The van der Waals surface area contributed by atoms with Crippen molar-refractivity contribution >= 4 is 16.5 Å². The van der Waals surface area contributed by atoms with Gasteiger partial charge in [0.25, 0.3) is 0 Å². The van der Waals surface area contributed by atoms with Gasteiger partial charge in [-0.1, -0.05) is 24.3 Å². The Morgan fingerprint density at radius 1 is 1.33 bits per heavy atom. The Bertz CT molecular complexity index is 411. The second kappa shape index (κ2) is 4.89. The van der Waals surface area contributed by atoms with Crippen molar-refractivity contribution in [2.24, 2.45) is 0 Å². The number of aromatic nitrogens is 2. The van der Waals surface area contributed by atoms with Crippen LogP contribution in [0.1, 0.15) is 13.3 Å². The summed E-state index contributed by atoms with van der Waals surface area (Å²) >= 11 is 1.64. The maximum absolute atomic E-state index is 4.30. The van der Waals surface area contributed by atoms with Crippen molar-refractivity contribution < 1.29 is 0 Å². The van der Waals surface area contributed by atoms with E-state index >= 15 is 0 Å². The highest BCUT2D eigenvalue weighted by atomic mass is 32.1. The van der Waals surface area contributed by atoms with Gasteiger partial charge in [0.2, 0.25) is 0 Å². The lowest BCUT2D eigenvalue weighted by atomic mass is 10.3. The first kappa shape index (κ1) is 10.1. The van der Waals surface area contributed by atoms with Crippen LogP contribution in [0.15, 0.2) is 30.6 Å². The van der Waals surface area contributed by atoms with E-state index in [-0.39, 0.29) is 0 Å². The average molecular weight is 219 g/mol. The molecule has 2 aromatic rings.